The van der Waals surface area contributed by atoms with Gasteiger partial charge in [-0.05, 0) is 24.3 Å². The van der Waals surface area contributed by atoms with Crippen molar-refractivity contribution in [2.45, 2.75) is 13.0 Å². The Balaban J connectivity index is 1.95. The Labute approximate surface area is 143 Å². The van der Waals surface area contributed by atoms with E-state index in [0.717, 1.165) is 5.76 Å². The predicted molar refractivity (Wildman–Crippen MR) is 90.3 cm³/mol. The molecule has 0 radical (unpaired) electrons. The van der Waals surface area contributed by atoms with Gasteiger partial charge in [-0.2, -0.15) is 5.26 Å². The highest BCUT2D eigenvalue weighted by Gasteiger charge is 2.15. The van der Waals surface area contributed by atoms with Gasteiger partial charge in [0.15, 0.2) is 0 Å². The Morgan fingerprint density at radius 3 is 2.96 bits per heavy atom. The zero-order valence-electron chi connectivity index (χ0n) is 13.7. The first-order valence-electron chi connectivity index (χ1n) is 7.77. The number of pyridine rings is 2. The first kappa shape index (κ1) is 16.7. The van der Waals surface area contributed by atoms with E-state index >= 15 is 0 Å². The van der Waals surface area contributed by atoms with Crippen molar-refractivity contribution in [1.82, 2.24) is 9.55 Å². The summed E-state index contributed by atoms with van der Waals surface area (Å²) in [5.41, 5.74) is 0.407. The molecule has 128 valence electrons. The molecule has 0 bridgehead atoms. The van der Waals surface area contributed by atoms with E-state index in [1.54, 1.807) is 24.6 Å². The summed E-state index contributed by atoms with van der Waals surface area (Å²) in [5.74, 6) is 0.784. The van der Waals surface area contributed by atoms with Crippen LogP contribution in [0.3, 0.4) is 0 Å². The van der Waals surface area contributed by atoms with Crippen molar-refractivity contribution in [1.29, 1.82) is 5.26 Å². The molecule has 3 rings (SSSR count). The van der Waals surface area contributed by atoms with Gasteiger partial charge in [0, 0.05) is 31.7 Å². The molecule has 25 heavy (non-hydrogen) atoms. The number of aliphatic hydroxyl groups is 1. The number of aromatic nitrogens is 2. The molecule has 1 N–H and O–H groups in total. The topological polar surface area (TPSA) is 101 Å². The van der Waals surface area contributed by atoms with E-state index in [0.29, 0.717) is 23.9 Å². The summed E-state index contributed by atoms with van der Waals surface area (Å²) < 4.78 is 11.9. The first-order valence-corrected chi connectivity index (χ1v) is 7.77. The van der Waals surface area contributed by atoms with E-state index in [2.05, 4.69) is 4.98 Å². The molecule has 3 aromatic heterocycles. The van der Waals surface area contributed by atoms with Gasteiger partial charge in [0.05, 0.1) is 24.3 Å². The molecule has 0 aliphatic carbocycles. The first-order chi connectivity index (χ1) is 12.2. The van der Waals surface area contributed by atoms with Crippen LogP contribution in [0.4, 0.5) is 0 Å². The minimum absolute atomic E-state index is 0.0739. The van der Waals surface area contributed by atoms with Gasteiger partial charge in [-0.25, -0.2) is 4.98 Å². The van der Waals surface area contributed by atoms with Crippen LogP contribution < -0.4 is 10.3 Å². The van der Waals surface area contributed by atoms with Crippen LogP contribution in [0.1, 0.15) is 11.3 Å². The smallest absolute Gasteiger partial charge is 0.260 e. The fraction of sp³-hybridized carbons (Fsp3) is 0.278. The van der Waals surface area contributed by atoms with Crippen molar-refractivity contribution in [2.75, 3.05) is 13.7 Å². The second kappa shape index (κ2) is 7.20. The Kier molecular flexibility index (Phi) is 4.82. The van der Waals surface area contributed by atoms with Crippen LogP contribution in [-0.2, 0) is 13.0 Å². The van der Waals surface area contributed by atoms with Gasteiger partial charge in [-0.1, -0.05) is 0 Å². The van der Waals surface area contributed by atoms with Gasteiger partial charge in [0.25, 0.3) is 5.56 Å². The lowest BCUT2D eigenvalue weighted by molar-refractivity contribution is 0.203. The number of nitrogens with zero attached hydrogens (tertiary/aromatic N) is 3. The molecule has 0 aromatic carbocycles. The SMILES string of the molecule is COc1nc2ccn(C[C@@H](CO)Cc3ccco3)c(=O)c2cc1C#N. The fourth-order valence-electron chi connectivity index (χ4n) is 2.75. The molecule has 3 aromatic rings. The molecule has 0 fully saturated rings. The molecule has 0 saturated heterocycles. The summed E-state index contributed by atoms with van der Waals surface area (Å²) in [6.45, 7) is 0.259. The molecule has 7 nitrogen and oxygen atoms in total. The maximum atomic E-state index is 12.7. The number of fused-ring (bicyclic) bond motifs is 1. The highest BCUT2D eigenvalue weighted by atomic mass is 16.5. The van der Waals surface area contributed by atoms with E-state index in [-0.39, 0.29) is 29.5 Å². The molecule has 3 heterocycles. The number of furan rings is 1. The van der Waals surface area contributed by atoms with Gasteiger partial charge in [0.1, 0.15) is 17.4 Å². The molecular weight excluding hydrogens is 322 g/mol. The predicted octanol–water partition coefficient (Wildman–Crippen LogP) is 1.72. The van der Waals surface area contributed by atoms with Crippen LogP contribution in [-0.4, -0.2) is 28.4 Å². The zero-order valence-corrected chi connectivity index (χ0v) is 13.7. The maximum Gasteiger partial charge on any atom is 0.260 e. The van der Waals surface area contributed by atoms with E-state index in [1.807, 2.05) is 12.1 Å². The molecule has 0 aliphatic heterocycles. The van der Waals surface area contributed by atoms with E-state index in [1.165, 1.54) is 17.7 Å². The summed E-state index contributed by atoms with van der Waals surface area (Å²) in [6, 6.07) is 8.78. The lowest BCUT2D eigenvalue weighted by Gasteiger charge is -2.15. The molecular formula is C18H17N3O4. The van der Waals surface area contributed by atoms with Gasteiger partial charge in [-0.3, -0.25) is 4.79 Å². The second-order valence-electron chi connectivity index (χ2n) is 5.70. The molecule has 0 amide bonds. The molecule has 0 unspecified atom stereocenters. The third-order valence-corrected chi connectivity index (χ3v) is 4.02. The Hall–Kier alpha value is -3.11. The number of nitriles is 1. The van der Waals surface area contributed by atoms with Crippen LogP contribution >= 0.6 is 0 Å². The number of hydrogen-bond donors (Lipinski definition) is 1. The number of rotatable bonds is 6. The third kappa shape index (κ3) is 3.39. The standard InChI is InChI=1S/C18H17N3O4/c1-24-17-13(9-19)8-15-16(20-17)4-5-21(18(15)23)10-12(11-22)7-14-3-2-6-25-14/h2-6,8,12,22H,7,10-11H2,1H3/t12-/m0/s1. The van der Waals surface area contributed by atoms with Crippen molar-refractivity contribution in [2.24, 2.45) is 5.92 Å². The normalized spacial score (nSPS) is 12.0. The average molecular weight is 339 g/mol. The van der Waals surface area contributed by atoms with E-state index < -0.39 is 0 Å². The quantitative estimate of drug-likeness (QED) is 0.734. The van der Waals surface area contributed by atoms with Crippen molar-refractivity contribution < 1.29 is 14.3 Å². The Morgan fingerprint density at radius 1 is 1.48 bits per heavy atom. The summed E-state index contributed by atoms with van der Waals surface area (Å²) >= 11 is 0. The lowest BCUT2D eigenvalue weighted by Crippen LogP contribution is -2.26. The van der Waals surface area contributed by atoms with E-state index in [4.69, 9.17) is 9.15 Å². The van der Waals surface area contributed by atoms with Crippen molar-refractivity contribution in [3.05, 3.63) is 58.4 Å². The molecule has 0 saturated carbocycles. The second-order valence-corrected chi connectivity index (χ2v) is 5.70. The van der Waals surface area contributed by atoms with Crippen LogP contribution in [0.25, 0.3) is 10.9 Å². The summed E-state index contributed by atoms with van der Waals surface area (Å²) in [5, 5.41) is 19.1. The number of ether oxygens (including phenoxy) is 1. The molecule has 1 atom stereocenters. The highest BCUT2D eigenvalue weighted by Crippen LogP contribution is 2.19. The summed E-state index contributed by atoms with van der Waals surface area (Å²) in [7, 11) is 1.43. The summed E-state index contributed by atoms with van der Waals surface area (Å²) in [6.07, 6.45) is 3.74. The van der Waals surface area contributed by atoms with Crippen molar-refractivity contribution in [3.63, 3.8) is 0 Å². The molecule has 7 heteroatoms. The van der Waals surface area contributed by atoms with Crippen molar-refractivity contribution >= 4 is 10.9 Å². The third-order valence-electron chi connectivity index (χ3n) is 4.02. The minimum atomic E-state index is -0.262. The zero-order chi connectivity index (χ0) is 17.8. The number of hydrogen-bond acceptors (Lipinski definition) is 6. The van der Waals surface area contributed by atoms with Gasteiger partial charge in [-0.15, -0.1) is 0 Å². The van der Waals surface area contributed by atoms with E-state index in [9.17, 15) is 15.2 Å². The van der Waals surface area contributed by atoms with Crippen LogP contribution in [0, 0.1) is 17.2 Å². The van der Waals surface area contributed by atoms with Crippen molar-refractivity contribution in [3.8, 4) is 11.9 Å². The maximum absolute atomic E-state index is 12.7. The largest absolute Gasteiger partial charge is 0.480 e. The number of methoxy groups -OCH3 is 1. The monoisotopic (exact) mass is 339 g/mol. The summed E-state index contributed by atoms with van der Waals surface area (Å²) in [4.78, 5) is 16.9. The minimum Gasteiger partial charge on any atom is -0.480 e. The average Bonchev–Trinajstić information content (AvgIpc) is 3.15. The Bertz CT molecular complexity index is 970. The van der Waals surface area contributed by atoms with Gasteiger partial charge in [0.2, 0.25) is 5.88 Å². The highest BCUT2D eigenvalue weighted by molar-refractivity contribution is 5.79. The molecule has 0 aliphatic rings. The Morgan fingerprint density at radius 2 is 2.32 bits per heavy atom. The van der Waals surface area contributed by atoms with Crippen LogP contribution in [0.15, 0.2) is 45.9 Å². The lowest BCUT2D eigenvalue weighted by atomic mass is 10.0. The van der Waals surface area contributed by atoms with Crippen LogP contribution in [0.2, 0.25) is 0 Å². The van der Waals surface area contributed by atoms with Gasteiger partial charge < -0.3 is 18.8 Å². The number of aliphatic hydroxyl groups excluding tert-OH is 1. The van der Waals surface area contributed by atoms with Gasteiger partial charge >= 0.3 is 0 Å². The fourth-order valence-corrected chi connectivity index (χ4v) is 2.75. The van der Waals surface area contributed by atoms with Crippen LogP contribution in [0.5, 0.6) is 5.88 Å². The molecule has 0 spiro atoms.